The first kappa shape index (κ1) is 23.0. The third kappa shape index (κ3) is 4.50. The Kier molecular flexibility index (Phi) is 6.00. The van der Waals surface area contributed by atoms with Gasteiger partial charge >= 0.3 is 0 Å². The van der Waals surface area contributed by atoms with Gasteiger partial charge in [0.25, 0.3) is 0 Å². The average Bonchev–Trinajstić information content (AvgIpc) is 3.40. The molecule has 5 rings (SSSR count). The van der Waals surface area contributed by atoms with Crippen molar-refractivity contribution in [3.05, 3.63) is 59.4 Å². The lowest BCUT2D eigenvalue weighted by molar-refractivity contribution is -0.136. The topological polar surface area (TPSA) is 87.5 Å². The summed E-state index contributed by atoms with van der Waals surface area (Å²) in [6.07, 6.45) is 2.06. The van der Waals surface area contributed by atoms with Gasteiger partial charge in [0.1, 0.15) is 23.8 Å². The number of aryl methyl sites for hydroxylation is 3. The SMILES string of the molecule is Cc1ccc(N2CC(C(=O)N3CCN(c4cc(-n5cnc(C)c5C)nc(C)n4)CC3)CC2=O)cc1. The van der Waals surface area contributed by atoms with Crippen LogP contribution in [0.5, 0.6) is 0 Å². The second-order valence-electron chi connectivity index (χ2n) is 9.47. The van der Waals surface area contributed by atoms with E-state index in [1.54, 1.807) is 11.2 Å². The van der Waals surface area contributed by atoms with E-state index in [1.807, 2.05) is 67.5 Å². The fourth-order valence-corrected chi connectivity index (χ4v) is 4.81. The normalized spacial score (nSPS) is 18.5. The second kappa shape index (κ2) is 9.13. The van der Waals surface area contributed by atoms with Crippen LogP contribution in [0.4, 0.5) is 11.5 Å². The van der Waals surface area contributed by atoms with E-state index < -0.39 is 0 Å². The molecule has 4 heterocycles. The van der Waals surface area contributed by atoms with E-state index in [9.17, 15) is 9.59 Å². The molecule has 9 heteroatoms. The molecule has 1 unspecified atom stereocenters. The number of piperazine rings is 1. The fourth-order valence-electron chi connectivity index (χ4n) is 4.81. The monoisotopic (exact) mass is 473 g/mol. The van der Waals surface area contributed by atoms with Crippen LogP contribution in [0.3, 0.4) is 0 Å². The van der Waals surface area contributed by atoms with Gasteiger partial charge in [0, 0.05) is 56.6 Å². The molecule has 2 aromatic heterocycles. The predicted molar refractivity (Wildman–Crippen MR) is 134 cm³/mol. The van der Waals surface area contributed by atoms with Crippen molar-refractivity contribution in [2.45, 2.75) is 34.1 Å². The van der Waals surface area contributed by atoms with Gasteiger partial charge in [0.15, 0.2) is 0 Å². The molecule has 3 aromatic rings. The first-order valence-corrected chi connectivity index (χ1v) is 12.1. The molecule has 0 radical (unpaired) electrons. The Hall–Kier alpha value is -3.75. The lowest BCUT2D eigenvalue weighted by Gasteiger charge is -2.36. The molecule has 2 aliphatic heterocycles. The summed E-state index contributed by atoms with van der Waals surface area (Å²) in [5.41, 5.74) is 4.03. The fraction of sp³-hybridized carbons (Fsp3) is 0.423. The summed E-state index contributed by atoms with van der Waals surface area (Å²) in [6, 6.07) is 9.86. The van der Waals surface area contributed by atoms with E-state index in [2.05, 4.69) is 19.9 Å². The van der Waals surface area contributed by atoms with Gasteiger partial charge in [-0.05, 0) is 39.8 Å². The summed E-state index contributed by atoms with van der Waals surface area (Å²) in [7, 11) is 0. The molecule has 2 fully saturated rings. The molecule has 0 N–H and O–H groups in total. The minimum Gasteiger partial charge on any atom is -0.353 e. The molecule has 182 valence electrons. The maximum absolute atomic E-state index is 13.2. The standard InChI is InChI=1S/C26H31N7O2/c1-17-5-7-22(8-6-17)32-15-21(13-25(32)34)26(35)31-11-9-30(10-12-31)23-14-24(29-20(4)28-23)33-16-27-18(2)19(33)3/h5-8,14,16,21H,9-13,15H2,1-4H3. The molecule has 1 atom stereocenters. The summed E-state index contributed by atoms with van der Waals surface area (Å²) in [5.74, 6) is 2.13. The molecule has 2 aliphatic rings. The van der Waals surface area contributed by atoms with Gasteiger partial charge in [-0.3, -0.25) is 14.2 Å². The molecule has 9 nitrogen and oxygen atoms in total. The number of carbonyl (C=O) groups excluding carboxylic acids is 2. The summed E-state index contributed by atoms with van der Waals surface area (Å²) in [6.45, 7) is 10.9. The first-order chi connectivity index (χ1) is 16.8. The number of amides is 2. The van der Waals surface area contributed by atoms with Crippen molar-refractivity contribution in [1.82, 2.24) is 24.4 Å². The molecule has 0 saturated carbocycles. The number of rotatable bonds is 4. The van der Waals surface area contributed by atoms with Crippen LogP contribution in [-0.4, -0.2) is 69.0 Å². The highest BCUT2D eigenvalue weighted by atomic mass is 16.2. The Labute approximate surface area is 205 Å². The van der Waals surface area contributed by atoms with E-state index in [4.69, 9.17) is 0 Å². The highest BCUT2D eigenvalue weighted by Crippen LogP contribution is 2.27. The van der Waals surface area contributed by atoms with E-state index in [1.165, 1.54) is 0 Å². The minimum absolute atomic E-state index is 0.0138. The number of anilines is 2. The van der Waals surface area contributed by atoms with E-state index >= 15 is 0 Å². The van der Waals surface area contributed by atoms with Crippen molar-refractivity contribution < 1.29 is 9.59 Å². The minimum atomic E-state index is -0.296. The van der Waals surface area contributed by atoms with E-state index in [-0.39, 0.29) is 24.2 Å². The maximum Gasteiger partial charge on any atom is 0.228 e. The highest BCUT2D eigenvalue weighted by molar-refractivity contribution is 6.00. The molecule has 0 bridgehead atoms. The van der Waals surface area contributed by atoms with Crippen LogP contribution >= 0.6 is 0 Å². The second-order valence-corrected chi connectivity index (χ2v) is 9.47. The number of hydrogen-bond acceptors (Lipinski definition) is 6. The van der Waals surface area contributed by atoms with Gasteiger partial charge in [-0.2, -0.15) is 0 Å². The van der Waals surface area contributed by atoms with Crippen LogP contribution in [-0.2, 0) is 9.59 Å². The number of benzene rings is 1. The smallest absolute Gasteiger partial charge is 0.228 e. The van der Waals surface area contributed by atoms with Gasteiger partial charge in [0.2, 0.25) is 11.8 Å². The Morgan fingerprint density at radius 2 is 1.63 bits per heavy atom. The predicted octanol–water partition coefficient (Wildman–Crippen LogP) is 2.60. The third-order valence-corrected chi connectivity index (χ3v) is 7.04. The van der Waals surface area contributed by atoms with Crippen molar-refractivity contribution in [2.24, 2.45) is 5.92 Å². The van der Waals surface area contributed by atoms with Gasteiger partial charge in [-0.1, -0.05) is 17.7 Å². The first-order valence-electron chi connectivity index (χ1n) is 12.1. The van der Waals surface area contributed by atoms with Crippen LogP contribution in [0.1, 0.15) is 29.2 Å². The van der Waals surface area contributed by atoms with Crippen LogP contribution in [0.25, 0.3) is 5.82 Å². The molecule has 0 aliphatic carbocycles. The van der Waals surface area contributed by atoms with Gasteiger partial charge in [-0.15, -0.1) is 0 Å². The zero-order valence-electron chi connectivity index (χ0n) is 20.7. The molecular weight excluding hydrogens is 442 g/mol. The zero-order chi connectivity index (χ0) is 24.7. The summed E-state index contributed by atoms with van der Waals surface area (Å²) in [5, 5.41) is 0. The summed E-state index contributed by atoms with van der Waals surface area (Å²) < 4.78 is 1.98. The molecule has 2 saturated heterocycles. The number of carbonyl (C=O) groups is 2. The van der Waals surface area contributed by atoms with Crippen LogP contribution in [0.2, 0.25) is 0 Å². The van der Waals surface area contributed by atoms with Crippen molar-refractivity contribution in [3.63, 3.8) is 0 Å². The Bertz CT molecular complexity index is 1260. The molecule has 2 amide bonds. The number of nitrogens with zero attached hydrogens (tertiary/aromatic N) is 7. The summed E-state index contributed by atoms with van der Waals surface area (Å²) >= 11 is 0. The van der Waals surface area contributed by atoms with Gasteiger partial charge in [-0.25, -0.2) is 15.0 Å². The molecular formula is C26H31N7O2. The lowest BCUT2D eigenvalue weighted by Crippen LogP contribution is -2.51. The Balaban J connectivity index is 1.24. The molecule has 35 heavy (non-hydrogen) atoms. The maximum atomic E-state index is 13.2. The largest absolute Gasteiger partial charge is 0.353 e. The Morgan fingerprint density at radius 3 is 2.29 bits per heavy atom. The van der Waals surface area contributed by atoms with E-state index in [0.717, 1.165) is 34.3 Å². The lowest BCUT2D eigenvalue weighted by atomic mass is 10.1. The average molecular weight is 474 g/mol. The van der Waals surface area contributed by atoms with Crippen LogP contribution in [0, 0.1) is 33.6 Å². The summed E-state index contributed by atoms with van der Waals surface area (Å²) in [4.78, 5) is 45.3. The van der Waals surface area contributed by atoms with Crippen molar-refractivity contribution in [2.75, 3.05) is 42.5 Å². The number of imidazole rings is 1. The molecule has 0 spiro atoms. The zero-order valence-corrected chi connectivity index (χ0v) is 20.7. The van der Waals surface area contributed by atoms with Crippen molar-refractivity contribution in [3.8, 4) is 5.82 Å². The van der Waals surface area contributed by atoms with Crippen molar-refractivity contribution in [1.29, 1.82) is 0 Å². The number of aromatic nitrogens is 4. The van der Waals surface area contributed by atoms with Gasteiger partial charge in [0.05, 0.1) is 11.6 Å². The number of hydrogen-bond donors (Lipinski definition) is 0. The third-order valence-electron chi connectivity index (χ3n) is 7.04. The van der Waals surface area contributed by atoms with Gasteiger partial charge < -0.3 is 14.7 Å². The van der Waals surface area contributed by atoms with E-state index in [0.29, 0.717) is 38.5 Å². The van der Waals surface area contributed by atoms with Crippen LogP contribution in [0.15, 0.2) is 36.7 Å². The quantitative estimate of drug-likeness (QED) is 0.579. The highest BCUT2D eigenvalue weighted by Gasteiger charge is 2.38. The van der Waals surface area contributed by atoms with Crippen molar-refractivity contribution >= 4 is 23.3 Å². The van der Waals surface area contributed by atoms with Crippen LogP contribution < -0.4 is 9.80 Å². The Morgan fingerprint density at radius 1 is 0.943 bits per heavy atom. The molecule has 1 aromatic carbocycles.